The summed E-state index contributed by atoms with van der Waals surface area (Å²) in [6.07, 6.45) is 2.14. The van der Waals surface area contributed by atoms with Crippen LogP contribution in [0.1, 0.15) is 11.1 Å². The zero-order valence-electron chi connectivity index (χ0n) is 12.7. The molecule has 2 aromatic carbocycles. The van der Waals surface area contributed by atoms with E-state index in [9.17, 15) is 0 Å². The number of nitrogens with zero attached hydrogens (tertiary/aromatic N) is 3. The first-order valence-electron chi connectivity index (χ1n) is 7.66. The van der Waals surface area contributed by atoms with Gasteiger partial charge in [0.1, 0.15) is 0 Å². The van der Waals surface area contributed by atoms with Crippen LogP contribution in [0.2, 0.25) is 0 Å². The summed E-state index contributed by atoms with van der Waals surface area (Å²) in [4.78, 5) is 6.83. The van der Waals surface area contributed by atoms with Crippen molar-refractivity contribution in [1.29, 1.82) is 10.8 Å². The quantitative estimate of drug-likeness (QED) is 0.564. The number of hydrogen-bond donors (Lipinski definition) is 2. The maximum Gasteiger partial charge on any atom is 0.174 e. The Hall–Kier alpha value is -2.95. The van der Waals surface area contributed by atoms with Gasteiger partial charge in [0.15, 0.2) is 11.3 Å². The summed E-state index contributed by atoms with van der Waals surface area (Å²) in [7, 11) is 0. The van der Waals surface area contributed by atoms with E-state index < -0.39 is 0 Å². The Morgan fingerprint density at radius 3 is 2.57 bits per heavy atom. The van der Waals surface area contributed by atoms with Crippen molar-refractivity contribution in [1.82, 2.24) is 9.55 Å². The number of hydrogen-bond acceptors (Lipinski definition) is 4. The molecule has 0 unspecified atom stereocenters. The second kappa shape index (κ2) is 5.35. The largest absolute Gasteiger partial charge is 0.349 e. The summed E-state index contributed by atoms with van der Waals surface area (Å²) in [6.45, 7) is 1.59. The maximum atomic E-state index is 8.46. The van der Waals surface area contributed by atoms with Gasteiger partial charge in [-0.05, 0) is 29.7 Å². The molecule has 0 fully saturated rings. The number of para-hydroxylation sites is 2. The molecule has 1 aliphatic rings. The highest BCUT2D eigenvalue weighted by atomic mass is 15.2. The van der Waals surface area contributed by atoms with Crippen molar-refractivity contribution in [3.8, 4) is 0 Å². The first kappa shape index (κ1) is 13.7. The molecule has 2 N–H and O–H groups in total. The molecule has 0 saturated carbocycles. The molecular formula is C18H17N5. The molecule has 23 heavy (non-hydrogen) atoms. The fourth-order valence-electron chi connectivity index (χ4n) is 3.19. The Balaban J connectivity index is 1.85. The summed E-state index contributed by atoms with van der Waals surface area (Å²) < 4.78 is 1.58. The van der Waals surface area contributed by atoms with Gasteiger partial charge < -0.3 is 4.90 Å². The third-order valence-electron chi connectivity index (χ3n) is 4.38. The van der Waals surface area contributed by atoms with Gasteiger partial charge in [-0.2, -0.15) is 0 Å². The SMILES string of the molecule is N=Cn1c(=N)c(N2CCc3ccccc3C2)nc2ccccc21. The summed E-state index contributed by atoms with van der Waals surface area (Å²) in [5, 5.41) is 16.1. The molecule has 0 spiro atoms. The lowest BCUT2D eigenvalue weighted by molar-refractivity contribution is 0.710. The zero-order chi connectivity index (χ0) is 15.8. The molecular weight excluding hydrogens is 286 g/mol. The fraction of sp³-hybridized carbons (Fsp3) is 0.167. The topological polar surface area (TPSA) is 68.8 Å². The predicted molar refractivity (Wildman–Crippen MR) is 91.0 cm³/mol. The second-order valence-corrected chi connectivity index (χ2v) is 5.71. The third kappa shape index (κ3) is 2.21. The summed E-state index contributed by atoms with van der Waals surface area (Å²) in [6, 6.07) is 16.1. The summed E-state index contributed by atoms with van der Waals surface area (Å²) in [5.74, 6) is 0.640. The van der Waals surface area contributed by atoms with E-state index in [0.29, 0.717) is 5.82 Å². The molecule has 0 amide bonds. The minimum Gasteiger partial charge on any atom is -0.349 e. The van der Waals surface area contributed by atoms with Crippen LogP contribution < -0.4 is 10.4 Å². The molecule has 3 aromatic rings. The Morgan fingerprint density at radius 1 is 1.00 bits per heavy atom. The van der Waals surface area contributed by atoms with Crippen LogP contribution in [-0.2, 0) is 13.0 Å². The number of benzene rings is 2. The second-order valence-electron chi connectivity index (χ2n) is 5.71. The Bertz CT molecular complexity index is 957. The van der Waals surface area contributed by atoms with E-state index in [1.807, 2.05) is 24.3 Å². The van der Waals surface area contributed by atoms with E-state index in [1.54, 1.807) is 4.57 Å². The van der Waals surface area contributed by atoms with Crippen LogP contribution in [0, 0.1) is 10.8 Å². The smallest absolute Gasteiger partial charge is 0.174 e. The van der Waals surface area contributed by atoms with Crippen molar-refractivity contribution in [2.45, 2.75) is 13.0 Å². The average Bonchev–Trinajstić information content (AvgIpc) is 2.61. The van der Waals surface area contributed by atoms with Crippen LogP contribution in [0.15, 0.2) is 48.5 Å². The van der Waals surface area contributed by atoms with Crippen molar-refractivity contribution in [3.63, 3.8) is 0 Å². The van der Waals surface area contributed by atoms with Gasteiger partial charge in [0, 0.05) is 13.1 Å². The van der Waals surface area contributed by atoms with Crippen LogP contribution in [-0.4, -0.2) is 22.4 Å². The van der Waals surface area contributed by atoms with Gasteiger partial charge in [-0.25, -0.2) is 4.98 Å². The van der Waals surface area contributed by atoms with Crippen LogP contribution >= 0.6 is 0 Å². The van der Waals surface area contributed by atoms with E-state index in [-0.39, 0.29) is 5.49 Å². The maximum absolute atomic E-state index is 8.46. The Labute approximate surface area is 133 Å². The highest BCUT2D eigenvalue weighted by Gasteiger charge is 2.20. The highest BCUT2D eigenvalue weighted by molar-refractivity contribution is 5.82. The van der Waals surface area contributed by atoms with E-state index in [1.165, 1.54) is 17.5 Å². The van der Waals surface area contributed by atoms with Crippen molar-refractivity contribution in [2.24, 2.45) is 0 Å². The fourth-order valence-corrected chi connectivity index (χ4v) is 3.19. The van der Waals surface area contributed by atoms with Crippen LogP contribution in [0.25, 0.3) is 11.0 Å². The molecule has 1 aromatic heterocycles. The number of aromatic nitrogens is 2. The van der Waals surface area contributed by atoms with Gasteiger partial charge in [0.2, 0.25) is 0 Å². The standard InChI is InChI=1S/C18H17N5/c19-12-23-16-8-4-3-7-15(16)21-18(17(23)20)22-10-9-13-5-1-2-6-14(13)11-22/h1-8,12,19-20H,9-11H2. The predicted octanol–water partition coefficient (Wildman–Crippen LogP) is 2.53. The van der Waals surface area contributed by atoms with E-state index in [4.69, 9.17) is 15.8 Å². The Kier molecular flexibility index (Phi) is 3.19. The van der Waals surface area contributed by atoms with Crippen molar-refractivity contribution < 1.29 is 0 Å². The molecule has 2 heterocycles. The molecule has 5 nitrogen and oxygen atoms in total. The van der Waals surface area contributed by atoms with Gasteiger partial charge in [-0.1, -0.05) is 36.4 Å². The lowest BCUT2D eigenvalue weighted by Crippen LogP contribution is -2.37. The van der Waals surface area contributed by atoms with Crippen molar-refractivity contribution >= 4 is 23.2 Å². The third-order valence-corrected chi connectivity index (χ3v) is 4.38. The molecule has 114 valence electrons. The summed E-state index contributed by atoms with van der Waals surface area (Å²) in [5.41, 5.74) is 4.51. The summed E-state index contributed by atoms with van der Waals surface area (Å²) >= 11 is 0. The lowest BCUT2D eigenvalue weighted by Gasteiger charge is -2.30. The first-order valence-corrected chi connectivity index (χ1v) is 7.66. The van der Waals surface area contributed by atoms with E-state index in [2.05, 4.69) is 29.2 Å². The number of fused-ring (bicyclic) bond motifs is 2. The van der Waals surface area contributed by atoms with Crippen molar-refractivity contribution in [3.05, 3.63) is 65.1 Å². The van der Waals surface area contributed by atoms with Gasteiger partial charge >= 0.3 is 0 Å². The molecule has 0 aliphatic carbocycles. The van der Waals surface area contributed by atoms with Gasteiger partial charge in [-0.15, -0.1) is 0 Å². The van der Waals surface area contributed by atoms with Crippen LogP contribution in [0.3, 0.4) is 0 Å². The molecule has 0 radical (unpaired) electrons. The molecule has 1 aliphatic heterocycles. The Morgan fingerprint density at radius 2 is 1.74 bits per heavy atom. The number of anilines is 1. The first-order chi connectivity index (χ1) is 11.3. The lowest BCUT2D eigenvalue weighted by atomic mass is 10.00. The minimum atomic E-state index is 0.262. The molecule has 0 bridgehead atoms. The molecule has 5 heteroatoms. The molecule has 4 rings (SSSR count). The van der Waals surface area contributed by atoms with Crippen molar-refractivity contribution in [2.75, 3.05) is 11.4 Å². The zero-order valence-corrected chi connectivity index (χ0v) is 12.7. The minimum absolute atomic E-state index is 0.262. The van der Waals surface area contributed by atoms with Gasteiger partial charge in [0.05, 0.1) is 17.4 Å². The number of nitrogens with one attached hydrogen (secondary N) is 2. The van der Waals surface area contributed by atoms with E-state index >= 15 is 0 Å². The number of rotatable bonds is 2. The molecule has 0 saturated heterocycles. The van der Waals surface area contributed by atoms with E-state index in [0.717, 1.165) is 30.5 Å². The highest BCUT2D eigenvalue weighted by Crippen LogP contribution is 2.22. The molecule has 0 atom stereocenters. The van der Waals surface area contributed by atoms with Gasteiger partial charge in [-0.3, -0.25) is 15.4 Å². The normalized spacial score (nSPS) is 13.8. The monoisotopic (exact) mass is 303 g/mol. The van der Waals surface area contributed by atoms with Crippen LogP contribution in [0.4, 0.5) is 5.82 Å². The van der Waals surface area contributed by atoms with Gasteiger partial charge in [0.25, 0.3) is 0 Å². The van der Waals surface area contributed by atoms with Crippen LogP contribution in [0.5, 0.6) is 0 Å². The average molecular weight is 303 g/mol.